The molecule has 0 saturated carbocycles. The molecule has 1 N–H and O–H groups in total. The van der Waals surface area contributed by atoms with Crippen LogP contribution in [0.25, 0.3) is 0 Å². The zero-order valence-electron chi connectivity index (χ0n) is 11.5. The number of hydrogen-bond donors (Lipinski definition) is 1. The van der Waals surface area contributed by atoms with Crippen molar-refractivity contribution in [1.29, 1.82) is 0 Å². The van der Waals surface area contributed by atoms with Crippen molar-refractivity contribution < 1.29 is 14.0 Å². The molecular formula is C14H15N3O3S. The molecule has 1 fully saturated rings. The molecule has 2 aromatic rings. The van der Waals surface area contributed by atoms with E-state index in [0.29, 0.717) is 30.3 Å². The van der Waals surface area contributed by atoms with E-state index in [1.807, 2.05) is 19.1 Å². The van der Waals surface area contributed by atoms with E-state index in [1.165, 1.54) is 11.3 Å². The molecule has 0 bridgehead atoms. The number of likely N-dealkylation sites (tertiary alicyclic amines) is 1. The maximum atomic E-state index is 12.3. The lowest BCUT2D eigenvalue weighted by molar-refractivity contribution is -0.134. The van der Waals surface area contributed by atoms with Gasteiger partial charge in [0.2, 0.25) is 11.8 Å². The van der Waals surface area contributed by atoms with Gasteiger partial charge in [-0.3, -0.25) is 9.59 Å². The first kappa shape index (κ1) is 13.8. The van der Waals surface area contributed by atoms with Gasteiger partial charge in [-0.2, -0.15) is 0 Å². The fourth-order valence-electron chi connectivity index (χ4n) is 2.42. The van der Waals surface area contributed by atoms with Gasteiger partial charge < -0.3 is 14.6 Å². The Bertz CT molecular complexity index is 650. The molecule has 6 nitrogen and oxygen atoms in total. The van der Waals surface area contributed by atoms with E-state index in [9.17, 15) is 9.59 Å². The van der Waals surface area contributed by atoms with Crippen molar-refractivity contribution in [3.63, 3.8) is 0 Å². The summed E-state index contributed by atoms with van der Waals surface area (Å²) >= 11 is 1.35. The summed E-state index contributed by atoms with van der Waals surface area (Å²) in [7, 11) is 0. The molecule has 1 aliphatic heterocycles. The van der Waals surface area contributed by atoms with E-state index in [0.717, 1.165) is 5.76 Å². The normalized spacial score (nSPS) is 18.2. The molecule has 1 atom stereocenters. The number of nitrogens with one attached hydrogen (secondary N) is 1. The van der Waals surface area contributed by atoms with Crippen LogP contribution in [0.2, 0.25) is 0 Å². The second-order valence-corrected chi connectivity index (χ2v) is 5.81. The molecule has 0 radical (unpaired) electrons. The Morgan fingerprint density at radius 3 is 3.10 bits per heavy atom. The van der Waals surface area contributed by atoms with Gasteiger partial charge in [0.05, 0.1) is 6.54 Å². The van der Waals surface area contributed by atoms with Crippen molar-refractivity contribution in [2.75, 3.05) is 5.32 Å². The first-order valence-electron chi connectivity index (χ1n) is 6.68. The Balaban J connectivity index is 1.71. The third-order valence-electron chi connectivity index (χ3n) is 3.42. The number of hydrogen-bond acceptors (Lipinski definition) is 5. The van der Waals surface area contributed by atoms with Crippen LogP contribution >= 0.6 is 11.3 Å². The molecule has 1 aliphatic rings. The van der Waals surface area contributed by atoms with Gasteiger partial charge in [0.25, 0.3) is 0 Å². The summed E-state index contributed by atoms with van der Waals surface area (Å²) in [4.78, 5) is 29.9. The molecule has 2 aromatic heterocycles. The Kier molecular flexibility index (Phi) is 3.74. The molecule has 7 heteroatoms. The number of carbonyl (C=O) groups excluding carboxylic acids is 2. The van der Waals surface area contributed by atoms with Gasteiger partial charge in [0.1, 0.15) is 17.6 Å². The van der Waals surface area contributed by atoms with Crippen LogP contribution in [0.5, 0.6) is 0 Å². The Morgan fingerprint density at radius 1 is 1.57 bits per heavy atom. The SMILES string of the molecule is Cc1ccc(CN2C(=O)CCC2C(=O)Nc2nccs2)o1. The number of amides is 2. The Morgan fingerprint density at radius 2 is 2.43 bits per heavy atom. The third kappa shape index (κ3) is 2.97. The van der Waals surface area contributed by atoms with Crippen molar-refractivity contribution in [2.24, 2.45) is 0 Å². The topological polar surface area (TPSA) is 75.4 Å². The standard InChI is InChI=1S/C14H15N3O3S/c1-9-2-3-10(20-9)8-17-11(4-5-12(17)18)13(19)16-14-15-6-7-21-14/h2-3,6-7,11H,4-5,8H2,1H3,(H,15,16,19). The largest absolute Gasteiger partial charge is 0.464 e. The molecule has 1 unspecified atom stereocenters. The molecule has 21 heavy (non-hydrogen) atoms. The average Bonchev–Trinajstić information content (AvgIpc) is 3.15. The number of aromatic nitrogens is 1. The first-order valence-corrected chi connectivity index (χ1v) is 7.56. The van der Waals surface area contributed by atoms with Crippen LogP contribution in [0, 0.1) is 6.92 Å². The lowest BCUT2D eigenvalue weighted by Crippen LogP contribution is -2.41. The van der Waals surface area contributed by atoms with Crippen LogP contribution in [0.1, 0.15) is 24.4 Å². The first-order chi connectivity index (χ1) is 10.1. The molecule has 2 amide bonds. The second kappa shape index (κ2) is 5.69. The number of carbonyl (C=O) groups is 2. The van der Waals surface area contributed by atoms with Gasteiger partial charge in [0, 0.05) is 18.0 Å². The maximum Gasteiger partial charge on any atom is 0.248 e. The monoisotopic (exact) mass is 305 g/mol. The minimum Gasteiger partial charge on any atom is -0.464 e. The minimum atomic E-state index is -0.466. The minimum absolute atomic E-state index is 0.0247. The van der Waals surface area contributed by atoms with Crippen molar-refractivity contribution in [1.82, 2.24) is 9.88 Å². The number of nitrogens with zero attached hydrogens (tertiary/aromatic N) is 2. The summed E-state index contributed by atoms with van der Waals surface area (Å²) in [5.74, 6) is 1.26. The predicted molar refractivity (Wildman–Crippen MR) is 77.8 cm³/mol. The quantitative estimate of drug-likeness (QED) is 0.939. The number of thiazole rings is 1. The summed E-state index contributed by atoms with van der Waals surface area (Å²) in [5.41, 5.74) is 0. The number of anilines is 1. The number of aryl methyl sites for hydroxylation is 1. The smallest absolute Gasteiger partial charge is 0.248 e. The van der Waals surface area contributed by atoms with Crippen LogP contribution in [-0.4, -0.2) is 27.7 Å². The van der Waals surface area contributed by atoms with Crippen LogP contribution in [0.15, 0.2) is 28.1 Å². The summed E-state index contributed by atoms with van der Waals surface area (Å²) in [5, 5.41) is 5.09. The highest BCUT2D eigenvalue weighted by Gasteiger charge is 2.36. The van der Waals surface area contributed by atoms with E-state index >= 15 is 0 Å². The molecule has 1 saturated heterocycles. The summed E-state index contributed by atoms with van der Waals surface area (Å²) < 4.78 is 5.49. The fraction of sp³-hybridized carbons (Fsp3) is 0.357. The molecule has 0 spiro atoms. The molecule has 110 valence electrons. The maximum absolute atomic E-state index is 12.3. The lowest BCUT2D eigenvalue weighted by atomic mass is 10.2. The lowest BCUT2D eigenvalue weighted by Gasteiger charge is -2.22. The van der Waals surface area contributed by atoms with Crippen molar-refractivity contribution in [3.05, 3.63) is 35.2 Å². The highest BCUT2D eigenvalue weighted by Crippen LogP contribution is 2.24. The van der Waals surface area contributed by atoms with Crippen LogP contribution < -0.4 is 5.32 Å². The third-order valence-corrected chi connectivity index (χ3v) is 4.10. The van der Waals surface area contributed by atoms with Gasteiger partial charge >= 0.3 is 0 Å². The van der Waals surface area contributed by atoms with Crippen molar-refractivity contribution >= 4 is 28.3 Å². The zero-order chi connectivity index (χ0) is 14.8. The molecular weight excluding hydrogens is 290 g/mol. The fourth-order valence-corrected chi connectivity index (χ4v) is 2.95. The summed E-state index contributed by atoms with van der Waals surface area (Å²) in [6, 6.07) is 3.21. The van der Waals surface area contributed by atoms with Crippen molar-refractivity contribution in [2.45, 2.75) is 32.4 Å². The molecule has 0 aromatic carbocycles. The van der Waals surface area contributed by atoms with E-state index in [-0.39, 0.29) is 11.8 Å². The van der Waals surface area contributed by atoms with Crippen LogP contribution in [0.4, 0.5) is 5.13 Å². The van der Waals surface area contributed by atoms with Crippen LogP contribution in [-0.2, 0) is 16.1 Å². The van der Waals surface area contributed by atoms with Crippen molar-refractivity contribution in [3.8, 4) is 0 Å². The van der Waals surface area contributed by atoms with E-state index in [2.05, 4.69) is 10.3 Å². The van der Waals surface area contributed by atoms with Gasteiger partial charge in [-0.25, -0.2) is 4.98 Å². The predicted octanol–water partition coefficient (Wildman–Crippen LogP) is 2.17. The Hall–Kier alpha value is -2.15. The Labute approximate surface area is 125 Å². The van der Waals surface area contributed by atoms with E-state index in [1.54, 1.807) is 16.5 Å². The van der Waals surface area contributed by atoms with E-state index in [4.69, 9.17) is 4.42 Å². The molecule has 3 heterocycles. The summed E-state index contributed by atoms with van der Waals surface area (Å²) in [6.45, 7) is 2.17. The number of rotatable bonds is 4. The van der Waals surface area contributed by atoms with Crippen LogP contribution in [0.3, 0.4) is 0 Å². The number of furan rings is 1. The van der Waals surface area contributed by atoms with Gasteiger partial charge in [-0.15, -0.1) is 11.3 Å². The zero-order valence-corrected chi connectivity index (χ0v) is 12.4. The van der Waals surface area contributed by atoms with Gasteiger partial charge in [-0.1, -0.05) is 0 Å². The molecule has 0 aliphatic carbocycles. The molecule has 3 rings (SSSR count). The van der Waals surface area contributed by atoms with Gasteiger partial charge in [0.15, 0.2) is 5.13 Å². The average molecular weight is 305 g/mol. The summed E-state index contributed by atoms with van der Waals surface area (Å²) in [6.07, 6.45) is 2.54. The van der Waals surface area contributed by atoms with Gasteiger partial charge in [-0.05, 0) is 25.5 Å². The highest BCUT2D eigenvalue weighted by molar-refractivity contribution is 7.13. The second-order valence-electron chi connectivity index (χ2n) is 4.91. The van der Waals surface area contributed by atoms with E-state index < -0.39 is 6.04 Å². The highest BCUT2D eigenvalue weighted by atomic mass is 32.1.